The lowest BCUT2D eigenvalue weighted by atomic mass is 10.1. The first-order valence-electron chi connectivity index (χ1n) is 8.56. The minimum absolute atomic E-state index is 0.0176. The maximum Gasteiger partial charge on any atom is 0.247 e. The van der Waals surface area contributed by atoms with Gasteiger partial charge in [0.1, 0.15) is 18.2 Å². The van der Waals surface area contributed by atoms with E-state index in [1.807, 2.05) is 55.5 Å². The fraction of sp³-hybridized carbons (Fsp3) is 0.250. The van der Waals surface area contributed by atoms with Crippen LogP contribution in [0.5, 0.6) is 0 Å². The maximum absolute atomic E-state index is 12.8. The van der Waals surface area contributed by atoms with Crippen LogP contribution in [0.4, 0.5) is 11.5 Å². The van der Waals surface area contributed by atoms with E-state index in [9.17, 15) is 4.79 Å². The molecule has 2 aromatic carbocycles. The highest BCUT2D eigenvalue weighted by Gasteiger charge is 2.32. The van der Waals surface area contributed by atoms with Crippen LogP contribution in [-0.2, 0) is 4.79 Å². The molecule has 1 aliphatic heterocycles. The van der Waals surface area contributed by atoms with Crippen molar-refractivity contribution < 1.29 is 4.79 Å². The zero-order chi connectivity index (χ0) is 17.2. The minimum atomic E-state index is -0.209. The number of aromatic nitrogens is 2. The van der Waals surface area contributed by atoms with Crippen molar-refractivity contribution in [1.29, 1.82) is 0 Å². The summed E-state index contributed by atoms with van der Waals surface area (Å²) in [4.78, 5) is 23.7. The van der Waals surface area contributed by atoms with Gasteiger partial charge in [-0.15, -0.1) is 0 Å². The van der Waals surface area contributed by atoms with E-state index in [1.54, 1.807) is 6.33 Å². The maximum atomic E-state index is 12.8. The SMILES string of the molecule is Cc1ccc(NC(=O)[C@H]2CCCN2c2ncnc3ccccc23)cc1. The zero-order valence-electron chi connectivity index (χ0n) is 14.1. The average Bonchev–Trinajstić information content (AvgIpc) is 3.13. The average molecular weight is 332 g/mol. The predicted octanol–water partition coefficient (Wildman–Crippen LogP) is 3.55. The summed E-state index contributed by atoms with van der Waals surface area (Å²) < 4.78 is 0. The van der Waals surface area contributed by atoms with Gasteiger partial charge in [-0.2, -0.15) is 0 Å². The van der Waals surface area contributed by atoms with Crippen LogP contribution in [0.3, 0.4) is 0 Å². The van der Waals surface area contributed by atoms with Gasteiger partial charge in [-0.1, -0.05) is 29.8 Å². The topological polar surface area (TPSA) is 58.1 Å². The molecule has 1 saturated heterocycles. The van der Waals surface area contributed by atoms with Crippen LogP contribution >= 0.6 is 0 Å². The van der Waals surface area contributed by atoms with Crippen LogP contribution in [0.2, 0.25) is 0 Å². The normalized spacial score (nSPS) is 17.0. The molecule has 1 N–H and O–H groups in total. The third kappa shape index (κ3) is 3.05. The van der Waals surface area contributed by atoms with Crippen molar-refractivity contribution >= 4 is 28.3 Å². The van der Waals surface area contributed by atoms with Crippen LogP contribution in [0.15, 0.2) is 54.9 Å². The molecule has 126 valence electrons. The number of aryl methyl sites for hydroxylation is 1. The molecule has 0 bridgehead atoms. The molecule has 1 fully saturated rings. The third-order valence-corrected chi connectivity index (χ3v) is 4.67. The summed E-state index contributed by atoms with van der Waals surface area (Å²) >= 11 is 0. The Balaban J connectivity index is 1.61. The highest BCUT2D eigenvalue weighted by molar-refractivity contribution is 5.99. The Morgan fingerprint density at radius 3 is 2.76 bits per heavy atom. The van der Waals surface area contributed by atoms with Crippen molar-refractivity contribution in [1.82, 2.24) is 9.97 Å². The number of hydrogen-bond acceptors (Lipinski definition) is 4. The van der Waals surface area contributed by atoms with Gasteiger partial charge in [0, 0.05) is 17.6 Å². The Morgan fingerprint density at radius 1 is 1.12 bits per heavy atom. The molecule has 0 aliphatic carbocycles. The molecule has 5 nitrogen and oxygen atoms in total. The minimum Gasteiger partial charge on any atom is -0.344 e. The molecule has 0 saturated carbocycles. The van der Waals surface area contributed by atoms with Crippen molar-refractivity contribution in [2.75, 3.05) is 16.8 Å². The second kappa shape index (κ2) is 6.51. The van der Waals surface area contributed by atoms with E-state index in [0.717, 1.165) is 41.8 Å². The molecular formula is C20H20N4O. The molecule has 0 unspecified atom stereocenters. The molecule has 4 rings (SSSR count). The molecule has 1 amide bonds. The molecule has 2 heterocycles. The number of para-hydroxylation sites is 1. The number of benzene rings is 2. The second-order valence-corrected chi connectivity index (χ2v) is 6.42. The van der Waals surface area contributed by atoms with Gasteiger partial charge < -0.3 is 10.2 Å². The zero-order valence-corrected chi connectivity index (χ0v) is 14.1. The Labute approximate surface area is 146 Å². The molecule has 5 heteroatoms. The number of carbonyl (C=O) groups is 1. The monoisotopic (exact) mass is 332 g/mol. The fourth-order valence-corrected chi connectivity index (χ4v) is 3.37. The lowest BCUT2D eigenvalue weighted by Crippen LogP contribution is -2.40. The Kier molecular flexibility index (Phi) is 4.06. The number of fused-ring (bicyclic) bond motifs is 1. The van der Waals surface area contributed by atoms with Gasteiger partial charge in [0.05, 0.1) is 5.52 Å². The van der Waals surface area contributed by atoms with Crippen LogP contribution in [0.25, 0.3) is 10.9 Å². The van der Waals surface area contributed by atoms with Gasteiger partial charge in [0.15, 0.2) is 0 Å². The van der Waals surface area contributed by atoms with E-state index in [1.165, 1.54) is 5.56 Å². The lowest BCUT2D eigenvalue weighted by Gasteiger charge is -2.25. The molecule has 25 heavy (non-hydrogen) atoms. The van der Waals surface area contributed by atoms with E-state index in [-0.39, 0.29) is 11.9 Å². The highest BCUT2D eigenvalue weighted by Crippen LogP contribution is 2.30. The first-order chi connectivity index (χ1) is 12.2. The Morgan fingerprint density at radius 2 is 1.92 bits per heavy atom. The van der Waals surface area contributed by atoms with Crippen molar-refractivity contribution in [3.05, 3.63) is 60.4 Å². The number of anilines is 2. The number of amides is 1. The molecule has 1 aliphatic rings. The summed E-state index contributed by atoms with van der Waals surface area (Å²) in [6.07, 6.45) is 3.38. The van der Waals surface area contributed by atoms with E-state index < -0.39 is 0 Å². The third-order valence-electron chi connectivity index (χ3n) is 4.67. The van der Waals surface area contributed by atoms with E-state index in [4.69, 9.17) is 0 Å². The van der Waals surface area contributed by atoms with E-state index >= 15 is 0 Å². The number of hydrogen-bond donors (Lipinski definition) is 1. The van der Waals surface area contributed by atoms with Crippen molar-refractivity contribution in [2.24, 2.45) is 0 Å². The van der Waals surface area contributed by atoms with E-state index in [0.29, 0.717) is 0 Å². The first kappa shape index (κ1) is 15.6. The largest absolute Gasteiger partial charge is 0.344 e. The first-order valence-corrected chi connectivity index (χ1v) is 8.56. The summed E-state index contributed by atoms with van der Waals surface area (Å²) in [5.74, 6) is 0.858. The number of nitrogens with zero attached hydrogens (tertiary/aromatic N) is 3. The second-order valence-electron chi connectivity index (χ2n) is 6.42. The summed E-state index contributed by atoms with van der Waals surface area (Å²) in [6.45, 7) is 2.86. The van der Waals surface area contributed by atoms with Crippen molar-refractivity contribution in [3.8, 4) is 0 Å². The molecule has 1 atom stereocenters. The quantitative estimate of drug-likeness (QED) is 0.797. The molecule has 0 radical (unpaired) electrons. The Bertz CT molecular complexity index is 902. The van der Waals surface area contributed by atoms with Gasteiger partial charge in [-0.25, -0.2) is 9.97 Å². The molecule has 1 aromatic heterocycles. The highest BCUT2D eigenvalue weighted by atomic mass is 16.2. The van der Waals surface area contributed by atoms with Crippen LogP contribution in [-0.4, -0.2) is 28.5 Å². The summed E-state index contributed by atoms with van der Waals surface area (Å²) in [5.41, 5.74) is 2.90. The summed E-state index contributed by atoms with van der Waals surface area (Å²) in [5, 5.41) is 4.02. The predicted molar refractivity (Wildman–Crippen MR) is 99.7 cm³/mol. The van der Waals surface area contributed by atoms with Gasteiger partial charge in [-0.3, -0.25) is 4.79 Å². The standard InChI is InChI=1S/C20H20N4O/c1-14-8-10-15(11-9-14)23-20(25)18-7-4-12-24(18)19-16-5-2-3-6-17(16)21-13-22-19/h2-3,5-6,8-11,13,18H,4,7,12H2,1H3,(H,23,25)/t18-/m1/s1. The van der Waals surface area contributed by atoms with Crippen molar-refractivity contribution in [3.63, 3.8) is 0 Å². The fourth-order valence-electron chi connectivity index (χ4n) is 3.37. The van der Waals surface area contributed by atoms with Gasteiger partial charge in [0.25, 0.3) is 0 Å². The van der Waals surface area contributed by atoms with E-state index in [2.05, 4.69) is 20.2 Å². The molecule has 3 aromatic rings. The van der Waals surface area contributed by atoms with Crippen LogP contribution in [0, 0.1) is 6.92 Å². The smallest absolute Gasteiger partial charge is 0.247 e. The Hall–Kier alpha value is -2.95. The van der Waals surface area contributed by atoms with Crippen molar-refractivity contribution in [2.45, 2.75) is 25.8 Å². The number of rotatable bonds is 3. The van der Waals surface area contributed by atoms with Gasteiger partial charge in [-0.05, 0) is 44.0 Å². The lowest BCUT2D eigenvalue weighted by molar-refractivity contribution is -0.117. The van der Waals surface area contributed by atoms with Crippen LogP contribution < -0.4 is 10.2 Å². The molecular weight excluding hydrogens is 312 g/mol. The van der Waals surface area contributed by atoms with Crippen LogP contribution in [0.1, 0.15) is 18.4 Å². The molecule has 0 spiro atoms. The van der Waals surface area contributed by atoms with Gasteiger partial charge in [0.2, 0.25) is 5.91 Å². The van der Waals surface area contributed by atoms with Gasteiger partial charge >= 0.3 is 0 Å². The number of nitrogens with one attached hydrogen (secondary N) is 1. The number of carbonyl (C=O) groups excluding carboxylic acids is 1. The summed E-state index contributed by atoms with van der Waals surface area (Å²) in [6, 6.07) is 15.6. The summed E-state index contributed by atoms with van der Waals surface area (Å²) in [7, 11) is 0.